The van der Waals surface area contributed by atoms with Crippen molar-refractivity contribution in [3.05, 3.63) is 50.6 Å². The van der Waals surface area contributed by atoms with Gasteiger partial charge in [0.15, 0.2) is 0 Å². The summed E-state index contributed by atoms with van der Waals surface area (Å²) in [6.07, 6.45) is 6.15. The van der Waals surface area contributed by atoms with E-state index >= 15 is 0 Å². The van der Waals surface area contributed by atoms with Gasteiger partial charge in [0.05, 0.1) is 15.9 Å². The van der Waals surface area contributed by atoms with Crippen molar-refractivity contribution in [2.24, 2.45) is 16.9 Å². The van der Waals surface area contributed by atoms with Crippen LogP contribution in [0.3, 0.4) is 0 Å². The van der Waals surface area contributed by atoms with Gasteiger partial charge in [0.1, 0.15) is 5.69 Å². The molecule has 3 rings (SSSR count). The van der Waals surface area contributed by atoms with Gasteiger partial charge >= 0.3 is 5.69 Å². The maximum Gasteiger partial charge on any atom is 0.301 e. The summed E-state index contributed by atoms with van der Waals surface area (Å²) in [5.74, 6) is 0.937. The number of nitrogens with one attached hydrogen (secondary N) is 1. The Morgan fingerprint density at radius 2 is 2.05 bits per heavy atom. The van der Waals surface area contributed by atoms with Gasteiger partial charge in [-0.05, 0) is 24.8 Å². The molecule has 8 heteroatoms. The summed E-state index contributed by atoms with van der Waals surface area (Å²) in [4.78, 5) is 20.3. The zero-order valence-corrected chi connectivity index (χ0v) is 10.9. The molecule has 1 aromatic carbocycles. The number of hydrogen-bond donors (Lipinski definition) is 1. The summed E-state index contributed by atoms with van der Waals surface area (Å²) >= 11 is 0. The molecule has 0 aliphatic heterocycles. The fourth-order valence-electron chi connectivity index (χ4n) is 2.67. The third-order valence-corrected chi connectivity index (χ3v) is 3.86. The van der Waals surface area contributed by atoms with Crippen LogP contribution in [0.1, 0.15) is 12.8 Å². The highest BCUT2D eigenvalue weighted by atomic mass is 16.6. The number of benzene rings is 1. The van der Waals surface area contributed by atoms with Crippen LogP contribution in [0.4, 0.5) is 17.1 Å². The minimum absolute atomic E-state index is 0.156. The molecule has 0 heterocycles. The molecule has 2 aliphatic carbocycles. The van der Waals surface area contributed by atoms with Crippen LogP contribution >= 0.6 is 0 Å². The normalized spacial score (nSPS) is 24.5. The Morgan fingerprint density at radius 3 is 2.71 bits per heavy atom. The van der Waals surface area contributed by atoms with Crippen molar-refractivity contribution in [3.63, 3.8) is 0 Å². The van der Waals surface area contributed by atoms with E-state index in [1.807, 2.05) is 0 Å². The first-order valence-electron chi connectivity index (χ1n) is 6.48. The zero-order valence-electron chi connectivity index (χ0n) is 10.9. The summed E-state index contributed by atoms with van der Waals surface area (Å²) in [5, 5.41) is 25.9. The third kappa shape index (κ3) is 2.35. The standard InChI is InChI=1S/C13H12N4O4/c18-16(19)9-4-5-11(13(7-9)17(20)21)14-15-12-6-8-2-1-3-10(8)12/h1,3-5,7-8,10,14H,2,6H2/b15-12-/t8-,10-/m0/s1. The van der Waals surface area contributed by atoms with E-state index < -0.39 is 9.85 Å². The summed E-state index contributed by atoms with van der Waals surface area (Å²) in [7, 11) is 0. The fourth-order valence-corrected chi connectivity index (χ4v) is 2.67. The number of fused-ring (bicyclic) bond motifs is 1. The summed E-state index contributed by atoms with van der Waals surface area (Å²) in [5.41, 5.74) is 3.11. The van der Waals surface area contributed by atoms with Gasteiger partial charge in [-0.3, -0.25) is 25.7 Å². The van der Waals surface area contributed by atoms with Gasteiger partial charge < -0.3 is 0 Å². The van der Waals surface area contributed by atoms with Crippen LogP contribution in [0.15, 0.2) is 35.5 Å². The number of nitrogens with zero attached hydrogens (tertiary/aromatic N) is 3. The van der Waals surface area contributed by atoms with Crippen molar-refractivity contribution in [2.45, 2.75) is 12.8 Å². The second-order valence-electron chi connectivity index (χ2n) is 5.08. The number of hydrogen-bond acceptors (Lipinski definition) is 6. The van der Waals surface area contributed by atoms with Crippen molar-refractivity contribution in [1.29, 1.82) is 0 Å². The lowest BCUT2D eigenvalue weighted by Crippen LogP contribution is -2.33. The first-order chi connectivity index (χ1) is 10.1. The van der Waals surface area contributed by atoms with Gasteiger partial charge in [0, 0.05) is 17.7 Å². The topological polar surface area (TPSA) is 111 Å². The molecule has 0 unspecified atom stereocenters. The SMILES string of the molecule is O=[N+]([O-])c1ccc(N/N=C2/C[C@@H]3CC=C[C@H]23)c([N+](=O)[O-])c1. The van der Waals surface area contributed by atoms with E-state index in [-0.39, 0.29) is 17.1 Å². The lowest BCUT2D eigenvalue weighted by atomic mass is 9.74. The van der Waals surface area contributed by atoms with Gasteiger partial charge in [-0.15, -0.1) is 0 Å². The molecular weight excluding hydrogens is 276 g/mol. The molecule has 0 amide bonds. The molecule has 0 radical (unpaired) electrons. The predicted molar refractivity (Wildman–Crippen MR) is 76.2 cm³/mol. The van der Waals surface area contributed by atoms with E-state index in [1.54, 1.807) is 0 Å². The molecule has 108 valence electrons. The molecule has 2 aliphatic rings. The van der Waals surface area contributed by atoms with Crippen LogP contribution in [0, 0.1) is 32.1 Å². The van der Waals surface area contributed by atoms with Crippen LogP contribution in [-0.4, -0.2) is 15.6 Å². The fraction of sp³-hybridized carbons (Fsp3) is 0.308. The number of nitro benzene ring substituents is 2. The summed E-state index contributed by atoms with van der Waals surface area (Å²) < 4.78 is 0. The van der Waals surface area contributed by atoms with Crippen LogP contribution in [0.5, 0.6) is 0 Å². The summed E-state index contributed by atoms with van der Waals surface area (Å²) in [6.45, 7) is 0. The first kappa shape index (κ1) is 13.2. The van der Waals surface area contributed by atoms with Gasteiger partial charge in [0.25, 0.3) is 5.69 Å². The monoisotopic (exact) mass is 288 g/mol. The van der Waals surface area contributed by atoms with Crippen molar-refractivity contribution >= 4 is 22.8 Å². The minimum Gasteiger partial charge on any atom is -0.272 e. The van der Waals surface area contributed by atoms with Gasteiger partial charge in [-0.2, -0.15) is 5.10 Å². The maximum atomic E-state index is 11.0. The van der Waals surface area contributed by atoms with Crippen molar-refractivity contribution in [3.8, 4) is 0 Å². The number of rotatable bonds is 4. The molecule has 0 aromatic heterocycles. The molecule has 0 bridgehead atoms. The highest BCUT2D eigenvalue weighted by Gasteiger charge is 2.37. The van der Waals surface area contributed by atoms with Gasteiger partial charge in [-0.25, -0.2) is 0 Å². The van der Waals surface area contributed by atoms with E-state index in [4.69, 9.17) is 0 Å². The number of nitro groups is 2. The van der Waals surface area contributed by atoms with E-state index in [2.05, 4.69) is 22.7 Å². The molecule has 21 heavy (non-hydrogen) atoms. The number of anilines is 1. The molecule has 1 aromatic rings. The lowest BCUT2D eigenvalue weighted by Gasteiger charge is -2.31. The van der Waals surface area contributed by atoms with E-state index in [1.165, 1.54) is 12.1 Å². The second kappa shape index (κ2) is 4.97. The average molecular weight is 288 g/mol. The number of non-ortho nitro benzene ring substituents is 1. The van der Waals surface area contributed by atoms with Gasteiger partial charge in [0.2, 0.25) is 0 Å². The largest absolute Gasteiger partial charge is 0.301 e. The smallest absolute Gasteiger partial charge is 0.272 e. The van der Waals surface area contributed by atoms with Crippen LogP contribution in [-0.2, 0) is 0 Å². The first-order valence-corrected chi connectivity index (χ1v) is 6.48. The maximum absolute atomic E-state index is 11.0. The molecule has 2 atom stereocenters. The highest BCUT2D eigenvalue weighted by molar-refractivity contribution is 5.95. The lowest BCUT2D eigenvalue weighted by molar-refractivity contribution is -0.393. The predicted octanol–water partition coefficient (Wildman–Crippen LogP) is 2.87. The Bertz CT molecular complexity index is 683. The van der Waals surface area contributed by atoms with Gasteiger partial charge in [-0.1, -0.05) is 12.2 Å². The Morgan fingerprint density at radius 1 is 1.24 bits per heavy atom. The summed E-state index contributed by atoms with van der Waals surface area (Å²) in [6, 6.07) is 3.46. The zero-order chi connectivity index (χ0) is 15.0. The second-order valence-corrected chi connectivity index (χ2v) is 5.08. The number of allylic oxidation sites excluding steroid dienone is 2. The van der Waals surface area contributed by atoms with Crippen molar-refractivity contribution < 1.29 is 9.85 Å². The Balaban J connectivity index is 1.82. The van der Waals surface area contributed by atoms with E-state index in [0.717, 1.165) is 24.6 Å². The molecule has 1 saturated carbocycles. The van der Waals surface area contributed by atoms with Crippen molar-refractivity contribution in [1.82, 2.24) is 0 Å². The Kier molecular flexibility index (Phi) is 3.13. The Hall–Kier alpha value is -2.77. The molecule has 1 fully saturated rings. The molecule has 8 nitrogen and oxygen atoms in total. The molecule has 1 N–H and O–H groups in total. The average Bonchev–Trinajstić information content (AvgIpc) is 2.80. The van der Waals surface area contributed by atoms with E-state index in [0.29, 0.717) is 11.8 Å². The van der Waals surface area contributed by atoms with Crippen LogP contribution < -0.4 is 5.43 Å². The third-order valence-electron chi connectivity index (χ3n) is 3.86. The quantitative estimate of drug-likeness (QED) is 0.520. The van der Waals surface area contributed by atoms with Crippen LogP contribution in [0.2, 0.25) is 0 Å². The molecule has 0 saturated heterocycles. The number of hydrazone groups is 1. The van der Waals surface area contributed by atoms with Crippen molar-refractivity contribution in [2.75, 3.05) is 5.43 Å². The molecule has 0 spiro atoms. The Labute approximate surface area is 119 Å². The van der Waals surface area contributed by atoms with E-state index in [9.17, 15) is 20.2 Å². The minimum atomic E-state index is -0.664. The van der Waals surface area contributed by atoms with Crippen LogP contribution in [0.25, 0.3) is 0 Å². The molecular formula is C13H12N4O4. The highest BCUT2D eigenvalue weighted by Crippen LogP contribution is 2.40.